The molecule has 0 radical (unpaired) electrons. The third kappa shape index (κ3) is 1.88. The third-order valence-electron chi connectivity index (χ3n) is 2.84. The Bertz CT molecular complexity index is 647. The Morgan fingerprint density at radius 2 is 2.28 bits per heavy atom. The number of hydrogen-bond acceptors (Lipinski definition) is 4. The van der Waals surface area contributed by atoms with Gasteiger partial charge in [0.05, 0.1) is 18.8 Å². The lowest BCUT2D eigenvalue weighted by molar-refractivity contribution is -0.0797. The molecule has 1 aliphatic rings. The molecule has 4 nitrogen and oxygen atoms in total. The van der Waals surface area contributed by atoms with Crippen LogP contribution in [-0.4, -0.2) is 24.3 Å². The van der Waals surface area contributed by atoms with Crippen LogP contribution < -0.4 is 4.74 Å². The summed E-state index contributed by atoms with van der Waals surface area (Å²) < 4.78 is 10.7. The van der Waals surface area contributed by atoms with Crippen molar-refractivity contribution < 1.29 is 9.47 Å². The summed E-state index contributed by atoms with van der Waals surface area (Å²) in [5.74, 6) is 0.535. The molecule has 1 aromatic heterocycles. The Kier molecular flexibility index (Phi) is 2.78. The molecule has 3 rings (SSSR count). The number of nitriles is 1. The smallest absolute Gasteiger partial charge is 0.145 e. The van der Waals surface area contributed by atoms with Gasteiger partial charge >= 0.3 is 0 Å². The number of pyridine rings is 1. The molecule has 2 heterocycles. The van der Waals surface area contributed by atoms with E-state index in [1.165, 1.54) is 0 Å². The van der Waals surface area contributed by atoms with E-state index in [-0.39, 0.29) is 6.10 Å². The molecule has 1 saturated heterocycles. The molecule has 0 N–H and O–H groups in total. The van der Waals surface area contributed by atoms with Gasteiger partial charge in [-0.05, 0) is 23.6 Å². The molecule has 1 aliphatic heterocycles. The quantitative estimate of drug-likeness (QED) is 0.779. The van der Waals surface area contributed by atoms with Gasteiger partial charge in [-0.1, -0.05) is 11.6 Å². The second kappa shape index (κ2) is 4.45. The van der Waals surface area contributed by atoms with Crippen LogP contribution in [-0.2, 0) is 4.74 Å². The van der Waals surface area contributed by atoms with Crippen LogP contribution in [0, 0.1) is 11.3 Å². The number of benzene rings is 1. The van der Waals surface area contributed by atoms with Gasteiger partial charge in [-0.15, -0.1) is 0 Å². The monoisotopic (exact) mass is 260 g/mol. The number of ether oxygens (including phenoxy) is 2. The molecule has 1 aromatic carbocycles. The van der Waals surface area contributed by atoms with Gasteiger partial charge in [0.1, 0.15) is 23.1 Å². The van der Waals surface area contributed by atoms with Crippen molar-refractivity contribution in [2.45, 2.75) is 6.10 Å². The molecule has 0 saturated carbocycles. The minimum atomic E-state index is 0.0185. The normalized spacial score (nSPS) is 15.1. The maximum absolute atomic E-state index is 9.14. The van der Waals surface area contributed by atoms with Gasteiger partial charge in [-0.2, -0.15) is 5.26 Å². The van der Waals surface area contributed by atoms with E-state index >= 15 is 0 Å². The molecule has 0 unspecified atom stereocenters. The minimum Gasteiger partial charge on any atom is -0.484 e. The van der Waals surface area contributed by atoms with E-state index in [9.17, 15) is 0 Å². The first kappa shape index (κ1) is 11.3. The summed E-state index contributed by atoms with van der Waals surface area (Å²) in [6, 6.07) is 7.48. The molecular weight excluding hydrogens is 252 g/mol. The topological polar surface area (TPSA) is 55.1 Å². The zero-order chi connectivity index (χ0) is 12.5. The maximum atomic E-state index is 9.14. The van der Waals surface area contributed by atoms with Crippen molar-refractivity contribution in [1.29, 1.82) is 5.26 Å². The number of fused-ring (bicyclic) bond motifs is 1. The van der Waals surface area contributed by atoms with Gasteiger partial charge in [0.25, 0.3) is 0 Å². The van der Waals surface area contributed by atoms with E-state index in [2.05, 4.69) is 11.1 Å². The Morgan fingerprint density at radius 1 is 1.44 bits per heavy atom. The van der Waals surface area contributed by atoms with Crippen LogP contribution in [0.25, 0.3) is 10.8 Å². The molecular formula is C13H9ClN2O2. The highest BCUT2D eigenvalue weighted by molar-refractivity contribution is 6.34. The number of aromatic nitrogens is 1. The molecule has 0 amide bonds. The molecule has 1 fully saturated rings. The first-order valence-corrected chi connectivity index (χ1v) is 5.88. The maximum Gasteiger partial charge on any atom is 0.145 e. The highest BCUT2D eigenvalue weighted by Crippen LogP contribution is 2.30. The predicted octanol–water partition coefficient (Wildman–Crippen LogP) is 2.54. The van der Waals surface area contributed by atoms with Crippen molar-refractivity contribution in [2.75, 3.05) is 13.2 Å². The van der Waals surface area contributed by atoms with Gasteiger partial charge < -0.3 is 9.47 Å². The van der Waals surface area contributed by atoms with Gasteiger partial charge in [-0.3, -0.25) is 0 Å². The summed E-state index contributed by atoms with van der Waals surface area (Å²) >= 11 is 6.03. The van der Waals surface area contributed by atoms with E-state index < -0.39 is 0 Å². The SMILES string of the molecule is N#Cc1cc2ccnc(Cl)c2cc1OC1COC1. The molecule has 5 heteroatoms. The Morgan fingerprint density at radius 3 is 2.94 bits per heavy atom. The Balaban J connectivity index is 2.10. The predicted molar refractivity (Wildman–Crippen MR) is 66.7 cm³/mol. The fraction of sp³-hybridized carbons (Fsp3) is 0.231. The number of rotatable bonds is 2. The first-order valence-electron chi connectivity index (χ1n) is 5.50. The van der Waals surface area contributed by atoms with Gasteiger partial charge in [0.15, 0.2) is 0 Å². The second-order valence-electron chi connectivity index (χ2n) is 4.06. The van der Waals surface area contributed by atoms with Crippen molar-refractivity contribution in [2.24, 2.45) is 0 Å². The van der Waals surface area contributed by atoms with E-state index in [1.807, 2.05) is 6.07 Å². The molecule has 0 aliphatic carbocycles. The summed E-state index contributed by atoms with van der Waals surface area (Å²) in [6.45, 7) is 1.12. The first-order chi connectivity index (χ1) is 8.78. The largest absolute Gasteiger partial charge is 0.484 e. The molecule has 18 heavy (non-hydrogen) atoms. The second-order valence-corrected chi connectivity index (χ2v) is 4.42. The van der Waals surface area contributed by atoms with Crippen LogP contribution in [0.5, 0.6) is 5.75 Å². The van der Waals surface area contributed by atoms with Crippen LogP contribution in [0.4, 0.5) is 0 Å². The lowest BCUT2D eigenvalue weighted by atomic mass is 10.1. The third-order valence-corrected chi connectivity index (χ3v) is 3.14. The molecule has 0 bridgehead atoms. The van der Waals surface area contributed by atoms with Crippen LogP contribution in [0.2, 0.25) is 5.15 Å². The zero-order valence-electron chi connectivity index (χ0n) is 9.39. The van der Waals surface area contributed by atoms with Crippen molar-refractivity contribution in [3.05, 3.63) is 35.1 Å². The fourth-order valence-electron chi connectivity index (χ4n) is 1.81. The van der Waals surface area contributed by atoms with Crippen molar-refractivity contribution in [3.63, 3.8) is 0 Å². The van der Waals surface area contributed by atoms with Gasteiger partial charge in [0.2, 0.25) is 0 Å². The lowest BCUT2D eigenvalue weighted by Crippen LogP contribution is -2.38. The van der Waals surface area contributed by atoms with Crippen molar-refractivity contribution >= 4 is 22.4 Å². The average molecular weight is 261 g/mol. The molecule has 0 spiro atoms. The average Bonchev–Trinajstić information content (AvgIpc) is 2.33. The Hall–Kier alpha value is -1.83. The highest BCUT2D eigenvalue weighted by Gasteiger charge is 2.21. The number of halogens is 1. The zero-order valence-corrected chi connectivity index (χ0v) is 10.1. The van der Waals surface area contributed by atoms with E-state index in [0.29, 0.717) is 29.7 Å². The van der Waals surface area contributed by atoms with Crippen LogP contribution >= 0.6 is 11.6 Å². The fourth-order valence-corrected chi connectivity index (χ4v) is 2.03. The summed E-state index contributed by atoms with van der Waals surface area (Å²) in [6.07, 6.45) is 1.64. The van der Waals surface area contributed by atoms with Gasteiger partial charge in [-0.25, -0.2) is 4.98 Å². The van der Waals surface area contributed by atoms with Crippen LogP contribution in [0.3, 0.4) is 0 Å². The highest BCUT2D eigenvalue weighted by atomic mass is 35.5. The van der Waals surface area contributed by atoms with Crippen molar-refractivity contribution in [3.8, 4) is 11.8 Å². The minimum absolute atomic E-state index is 0.0185. The lowest BCUT2D eigenvalue weighted by Gasteiger charge is -2.27. The number of nitrogens with zero attached hydrogens (tertiary/aromatic N) is 2. The van der Waals surface area contributed by atoms with Crippen molar-refractivity contribution in [1.82, 2.24) is 4.98 Å². The number of hydrogen-bond donors (Lipinski definition) is 0. The summed E-state index contributed by atoms with van der Waals surface area (Å²) in [5.41, 5.74) is 0.497. The standard InChI is InChI=1S/C13H9ClN2O2/c14-13-11-4-12(18-10-6-17-7-10)9(5-15)3-8(11)1-2-16-13/h1-4,10H,6-7H2. The van der Waals surface area contributed by atoms with Gasteiger partial charge in [0, 0.05) is 11.6 Å². The van der Waals surface area contributed by atoms with Crippen LogP contribution in [0.1, 0.15) is 5.56 Å². The Labute approximate surface area is 109 Å². The summed E-state index contributed by atoms with van der Waals surface area (Å²) in [7, 11) is 0. The molecule has 2 aromatic rings. The summed E-state index contributed by atoms with van der Waals surface area (Å²) in [5, 5.41) is 11.2. The van der Waals surface area contributed by atoms with E-state index in [4.69, 9.17) is 26.3 Å². The summed E-state index contributed by atoms with van der Waals surface area (Å²) in [4.78, 5) is 4.02. The van der Waals surface area contributed by atoms with Crippen LogP contribution in [0.15, 0.2) is 24.4 Å². The molecule has 0 atom stereocenters. The van der Waals surface area contributed by atoms with E-state index in [1.54, 1.807) is 18.3 Å². The molecule has 90 valence electrons. The van der Waals surface area contributed by atoms with E-state index in [0.717, 1.165) is 10.8 Å².